The van der Waals surface area contributed by atoms with Crippen molar-refractivity contribution in [3.63, 3.8) is 0 Å². The summed E-state index contributed by atoms with van der Waals surface area (Å²) in [5.41, 5.74) is 14.9. The van der Waals surface area contributed by atoms with Gasteiger partial charge in [-0.1, -0.05) is 0 Å². The maximum absolute atomic E-state index is 12.8. The first-order valence-electron chi connectivity index (χ1n) is 13.2. The Balaban J connectivity index is 0.000000231. The zero-order chi connectivity index (χ0) is 31.8. The van der Waals surface area contributed by atoms with Crippen LogP contribution < -0.4 is 20.9 Å². The number of alkyl halides is 6. The van der Waals surface area contributed by atoms with Crippen molar-refractivity contribution in [2.75, 3.05) is 38.2 Å². The maximum atomic E-state index is 12.8. The summed E-state index contributed by atoms with van der Waals surface area (Å²) < 4.78 is 87.0. The third kappa shape index (κ3) is 7.55. The van der Waals surface area contributed by atoms with E-state index >= 15 is 0 Å². The van der Waals surface area contributed by atoms with Crippen LogP contribution in [0.1, 0.15) is 49.9 Å². The first kappa shape index (κ1) is 33.6. The van der Waals surface area contributed by atoms with Crippen LogP contribution in [-0.4, -0.2) is 60.9 Å². The number of benzene rings is 2. The van der Waals surface area contributed by atoms with Crippen LogP contribution in [0.3, 0.4) is 0 Å². The average Bonchev–Trinajstić information content (AvgIpc) is 2.82. The van der Waals surface area contributed by atoms with Gasteiger partial charge in [-0.2, -0.15) is 26.3 Å². The lowest BCUT2D eigenvalue weighted by Gasteiger charge is -2.44. The lowest BCUT2D eigenvalue weighted by Crippen LogP contribution is -2.54. The van der Waals surface area contributed by atoms with Crippen LogP contribution in [0.5, 0.6) is 11.5 Å². The predicted octanol–water partition coefficient (Wildman–Crippen LogP) is 6.20. The minimum atomic E-state index is -4.90. The van der Waals surface area contributed by atoms with Gasteiger partial charge in [-0.05, 0) is 96.9 Å². The van der Waals surface area contributed by atoms with Crippen LogP contribution >= 0.6 is 15.9 Å². The van der Waals surface area contributed by atoms with Crippen molar-refractivity contribution in [2.24, 2.45) is 0 Å². The van der Waals surface area contributed by atoms with Gasteiger partial charge in [0.05, 0.1) is 41.1 Å². The molecule has 234 valence electrons. The number of rotatable bonds is 4. The summed E-state index contributed by atoms with van der Waals surface area (Å²) in [5, 5.41) is 0. The van der Waals surface area contributed by atoms with Gasteiger partial charge in [0.2, 0.25) is 0 Å². The second-order valence-corrected chi connectivity index (χ2v) is 11.8. The number of amides is 1. The number of hydrogen-bond donors (Lipinski definition) is 2. The number of hydrogen-bond acceptors (Lipinski definition) is 6. The van der Waals surface area contributed by atoms with Gasteiger partial charge in [-0.25, -0.2) is 0 Å². The van der Waals surface area contributed by atoms with E-state index in [-0.39, 0.29) is 19.2 Å². The summed E-state index contributed by atoms with van der Waals surface area (Å²) in [7, 11) is 1.43. The Bertz CT molecular complexity index is 1310. The molecule has 0 spiro atoms. The molecule has 7 nitrogen and oxygen atoms in total. The van der Waals surface area contributed by atoms with E-state index in [4.69, 9.17) is 20.9 Å². The van der Waals surface area contributed by atoms with Crippen molar-refractivity contribution in [3.05, 3.63) is 44.9 Å². The Morgan fingerprint density at radius 2 is 1.60 bits per heavy atom. The standard InChI is InChI=1S/C14H16BrF3N2O2.C14H19F3N2O/c1-13(2)9-7(6-8(19)11(22-3)10(9)15)4-5-20(13)12(21)14(16,17)18;1-9(2)20-13-6-11-7-19(8-14(15,16)17)4-3-10(11)5-12(13)18/h6H,4-5,19H2,1-3H3;5-6,9H,3-4,7-8,18H2,1-2H3. The Hall–Kier alpha value is -2.87. The molecule has 4 N–H and O–H groups in total. The van der Waals surface area contributed by atoms with Crippen LogP contribution in [-0.2, 0) is 29.7 Å². The molecule has 42 heavy (non-hydrogen) atoms. The van der Waals surface area contributed by atoms with E-state index < -0.39 is 30.3 Å². The van der Waals surface area contributed by atoms with E-state index in [0.29, 0.717) is 52.3 Å². The molecular formula is C28H35BrF6N4O3. The summed E-state index contributed by atoms with van der Waals surface area (Å²) in [5.74, 6) is -0.938. The molecular weight excluding hydrogens is 634 g/mol. The molecule has 4 rings (SSSR count). The fourth-order valence-electron chi connectivity index (χ4n) is 5.34. The summed E-state index contributed by atoms with van der Waals surface area (Å²) in [6, 6.07) is 5.28. The molecule has 0 unspecified atom stereocenters. The minimum Gasteiger partial charge on any atom is -0.493 e. The first-order valence-corrected chi connectivity index (χ1v) is 14.0. The highest BCUT2D eigenvalue weighted by atomic mass is 79.9. The van der Waals surface area contributed by atoms with Crippen LogP contribution in [0.15, 0.2) is 22.7 Å². The molecule has 0 saturated heterocycles. The van der Waals surface area contributed by atoms with Crippen molar-refractivity contribution in [1.29, 1.82) is 0 Å². The number of nitrogens with zero attached hydrogens (tertiary/aromatic N) is 2. The molecule has 2 aliphatic heterocycles. The third-order valence-electron chi connectivity index (χ3n) is 7.10. The number of fused-ring (bicyclic) bond motifs is 2. The number of halogens is 7. The summed E-state index contributed by atoms with van der Waals surface area (Å²) >= 11 is 3.36. The fourth-order valence-corrected chi connectivity index (χ4v) is 6.47. The lowest BCUT2D eigenvalue weighted by molar-refractivity contribution is -0.191. The molecule has 0 fully saturated rings. The normalized spacial score (nSPS) is 16.7. The average molecular weight is 670 g/mol. The predicted molar refractivity (Wildman–Crippen MR) is 151 cm³/mol. The summed E-state index contributed by atoms with van der Waals surface area (Å²) in [6.45, 7) is 6.71. The molecule has 0 aromatic heterocycles. The van der Waals surface area contributed by atoms with Crippen molar-refractivity contribution in [3.8, 4) is 11.5 Å². The Morgan fingerprint density at radius 3 is 2.14 bits per heavy atom. The van der Waals surface area contributed by atoms with E-state index in [1.54, 1.807) is 26.0 Å². The highest BCUT2D eigenvalue weighted by Crippen LogP contribution is 2.47. The van der Waals surface area contributed by atoms with Gasteiger partial charge in [0.25, 0.3) is 0 Å². The molecule has 2 aromatic rings. The molecule has 0 saturated carbocycles. The number of methoxy groups -OCH3 is 1. The van der Waals surface area contributed by atoms with Crippen LogP contribution in [0.2, 0.25) is 0 Å². The van der Waals surface area contributed by atoms with Gasteiger partial charge >= 0.3 is 18.3 Å². The Labute approximate surface area is 249 Å². The molecule has 2 aliphatic rings. The maximum Gasteiger partial charge on any atom is 0.471 e. The lowest BCUT2D eigenvalue weighted by atomic mass is 9.82. The van der Waals surface area contributed by atoms with Crippen molar-refractivity contribution >= 4 is 33.2 Å². The van der Waals surface area contributed by atoms with E-state index in [1.807, 2.05) is 19.9 Å². The van der Waals surface area contributed by atoms with Gasteiger partial charge < -0.3 is 25.8 Å². The Morgan fingerprint density at radius 1 is 1.00 bits per heavy atom. The van der Waals surface area contributed by atoms with Crippen LogP contribution in [0.4, 0.5) is 37.7 Å². The van der Waals surface area contributed by atoms with Gasteiger partial charge in [0, 0.05) is 19.6 Å². The highest BCUT2D eigenvalue weighted by molar-refractivity contribution is 9.10. The van der Waals surface area contributed by atoms with E-state index in [9.17, 15) is 31.1 Å². The van der Waals surface area contributed by atoms with Crippen LogP contribution in [0.25, 0.3) is 0 Å². The smallest absolute Gasteiger partial charge is 0.471 e. The third-order valence-corrected chi connectivity index (χ3v) is 7.86. The number of ether oxygens (including phenoxy) is 2. The topological polar surface area (TPSA) is 94.0 Å². The number of nitrogen functional groups attached to an aromatic ring is 2. The number of carbonyl (C=O) groups excluding carboxylic acids is 1. The van der Waals surface area contributed by atoms with Crippen molar-refractivity contribution in [1.82, 2.24) is 9.80 Å². The van der Waals surface area contributed by atoms with Gasteiger partial charge in [0.15, 0.2) is 5.75 Å². The van der Waals surface area contributed by atoms with E-state index in [2.05, 4.69) is 15.9 Å². The molecule has 2 heterocycles. The number of nitrogens with two attached hydrogens (primary N) is 2. The van der Waals surface area contributed by atoms with Gasteiger partial charge in [-0.3, -0.25) is 9.69 Å². The SMILES string of the molecule is CC(C)Oc1cc2c(cc1N)CCN(CC(F)(F)F)C2.COc1c(N)cc2c(c1Br)C(C)(C)N(C(=O)C(F)(F)F)CC2. The molecule has 0 radical (unpaired) electrons. The zero-order valence-electron chi connectivity index (χ0n) is 24.0. The summed E-state index contributed by atoms with van der Waals surface area (Å²) in [6.07, 6.45) is -8.21. The highest BCUT2D eigenvalue weighted by Gasteiger charge is 2.50. The minimum absolute atomic E-state index is 0.0173. The van der Waals surface area contributed by atoms with Gasteiger partial charge in [0.1, 0.15) is 5.75 Å². The second-order valence-electron chi connectivity index (χ2n) is 11.0. The van der Waals surface area contributed by atoms with Gasteiger partial charge in [-0.15, -0.1) is 0 Å². The fraction of sp³-hybridized carbons (Fsp3) is 0.536. The molecule has 1 amide bonds. The van der Waals surface area contributed by atoms with E-state index in [0.717, 1.165) is 21.6 Å². The van der Waals surface area contributed by atoms with E-state index in [1.165, 1.54) is 12.0 Å². The molecule has 0 atom stereocenters. The molecule has 14 heteroatoms. The Kier molecular flexibility index (Phi) is 9.92. The quantitative estimate of drug-likeness (QED) is 0.298. The summed E-state index contributed by atoms with van der Waals surface area (Å²) in [4.78, 5) is 14.0. The molecule has 2 aromatic carbocycles. The van der Waals surface area contributed by atoms with Crippen molar-refractivity contribution < 1.29 is 40.6 Å². The zero-order valence-corrected chi connectivity index (χ0v) is 25.6. The monoisotopic (exact) mass is 668 g/mol. The van der Waals surface area contributed by atoms with Crippen molar-refractivity contribution in [2.45, 2.75) is 71.1 Å². The molecule has 0 aliphatic carbocycles. The largest absolute Gasteiger partial charge is 0.493 e. The first-order chi connectivity index (χ1) is 19.3. The second kappa shape index (κ2) is 12.4. The molecule has 0 bridgehead atoms. The number of carbonyl (C=O) groups is 1. The number of anilines is 2. The van der Waals surface area contributed by atoms with Crippen LogP contribution in [0, 0.1) is 0 Å².